The van der Waals surface area contributed by atoms with Crippen molar-refractivity contribution in [3.63, 3.8) is 0 Å². The zero-order valence-corrected chi connectivity index (χ0v) is 11.6. The minimum Gasteiger partial charge on any atom is -0.381 e. The molecule has 1 aliphatic rings. The van der Waals surface area contributed by atoms with E-state index in [-0.39, 0.29) is 5.82 Å². The Morgan fingerprint density at radius 2 is 2.11 bits per heavy atom. The molecule has 1 saturated heterocycles. The minimum atomic E-state index is -0.151. The van der Waals surface area contributed by atoms with Crippen LogP contribution in [0.2, 0.25) is 0 Å². The first-order valence-electron chi connectivity index (χ1n) is 6.92. The van der Waals surface area contributed by atoms with Crippen molar-refractivity contribution in [3.8, 4) is 0 Å². The van der Waals surface area contributed by atoms with Crippen molar-refractivity contribution in [1.29, 1.82) is 0 Å². The van der Waals surface area contributed by atoms with E-state index in [2.05, 4.69) is 4.90 Å². The second-order valence-electron chi connectivity index (χ2n) is 5.38. The van der Waals surface area contributed by atoms with Crippen LogP contribution in [0.25, 0.3) is 0 Å². The Morgan fingerprint density at radius 1 is 1.37 bits per heavy atom. The van der Waals surface area contributed by atoms with Crippen molar-refractivity contribution in [2.45, 2.75) is 25.9 Å². The summed E-state index contributed by atoms with van der Waals surface area (Å²) in [7, 11) is 2.05. The summed E-state index contributed by atoms with van der Waals surface area (Å²) in [6, 6.07) is 5.29. The molecule has 1 heterocycles. The molecule has 0 spiro atoms. The van der Waals surface area contributed by atoms with Crippen LogP contribution in [-0.2, 0) is 17.8 Å². The zero-order valence-electron chi connectivity index (χ0n) is 11.6. The molecular weight excluding hydrogens is 243 g/mol. The molecule has 0 saturated carbocycles. The van der Waals surface area contributed by atoms with Gasteiger partial charge in [-0.1, -0.05) is 12.1 Å². The molecule has 0 amide bonds. The first-order valence-corrected chi connectivity index (χ1v) is 6.92. The number of ether oxygens (including phenoxy) is 1. The molecular formula is C15H23FN2O. The minimum absolute atomic E-state index is 0.151. The van der Waals surface area contributed by atoms with Gasteiger partial charge in [-0.15, -0.1) is 0 Å². The molecule has 2 rings (SSSR count). The predicted molar refractivity (Wildman–Crippen MR) is 74.2 cm³/mol. The highest BCUT2D eigenvalue weighted by molar-refractivity contribution is 5.24. The molecule has 19 heavy (non-hydrogen) atoms. The van der Waals surface area contributed by atoms with Gasteiger partial charge in [-0.05, 0) is 37.4 Å². The van der Waals surface area contributed by atoms with Crippen molar-refractivity contribution in [1.82, 2.24) is 4.90 Å². The quantitative estimate of drug-likeness (QED) is 0.887. The van der Waals surface area contributed by atoms with Crippen molar-refractivity contribution in [2.24, 2.45) is 11.7 Å². The van der Waals surface area contributed by atoms with Gasteiger partial charge < -0.3 is 15.4 Å². The molecule has 3 nitrogen and oxygen atoms in total. The summed E-state index contributed by atoms with van der Waals surface area (Å²) in [5.74, 6) is 0.520. The highest BCUT2D eigenvalue weighted by Crippen LogP contribution is 2.18. The summed E-state index contributed by atoms with van der Waals surface area (Å²) in [5, 5.41) is 0. The zero-order chi connectivity index (χ0) is 13.7. The van der Waals surface area contributed by atoms with Crippen LogP contribution in [0.15, 0.2) is 18.2 Å². The van der Waals surface area contributed by atoms with Crippen LogP contribution in [0.3, 0.4) is 0 Å². The van der Waals surface area contributed by atoms with Gasteiger partial charge in [0.1, 0.15) is 5.82 Å². The van der Waals surface area contributed by atoms with E-state index in [4.69, 9.17) is 10.5 Å². The monoisotopic (exact) mass is 266 g/mol. The van der Waals surface area contributed by atoms with E-state index < -0.39 is 0 Å². The van der Waals surface area contributed by atoms with Crippen molar-refractivity contribution < 1.29 is 9.13 Å². The maximum atomic E-state index is 13.9. The number of hydrogen-bond acceptors (Lipinski definition) is 3. The number of halogens is 1. The standard InChI is InChI=1S/C15H23FN2O/c1-18(10-12-4-6-19-7-5-12)11-14-3-2-13(9-17)8-15(14)16/h2-3,8,12H,4-7,9-11,17H2,1H3. The van der Waals surface area contributed by atoms with Gasteiger partial charge in [-0.3, -0.25) is 0 Å². The Hall–Kier alpha value is -0.970. The van der Waals surface area contributed by atoms with E-state index in [1.165, 1.54) is 6.07 Å². The Morgan fingerprint density at radius 3 is 2.74 bits per heavy atom. The Kier molecular flexibility index (Phi) is 5.31. The third-order valence-electron chi connectivity index (χ3n) is 3.70. The third kappa shape index (κ3) is 4.27. The fraction of sp³-hybridized carbons (Fsp3) is 0.600. The molecule has 106 valence electrons. The maximum Gasteiger partial charge on any atom is 0.128 e. The molecule has 4 heteroatoms. The fourth-order valence-electron chi connectivity index (χ4n) is 2.57. The number of benzene rings is 1. The molecule has 1 fully saturated rings. The van der Waals surface area contributed by atoms with Gasteiger partial charge in [0, 0.05) is 38.4 Å². The Balaban J connectivity index is 1.88. The summed E-state index contributed by atoms with van der Waals surface area (Å²) in [4.78, 5) is 2.19. The van der Waals surface area contributed by atoms with Gasteiger partial charge in [-0.2, -0.15) is 0 Å². The predicted octanol–water partition coefficient (Wildman–Crippen LogP) is 2.14. The molecule has 0 bridgehead atoms. The molecule has 0 radical (unpaired) electrons. The smallest absolute Gasteiger partial charge is 0.128 e. The lowest BCUT2D eigenvalue weighted by atomic mass is 9.99. The lowest BCUT2D eigenvalue weighted by Crippen LogP contribution is -2.29. The fourth-order valence-corrected chi connectivity index (χ4v) is 2.57. The molecule has 1 aliphatic heterocycles. The first kappa shape index (κ1) is 14.4. The number of rotatable bonds is 5. The second-order valence-corrected chi connectivity index (χ2v) is 5.38. The van der Waals surface area contributed by atoms with Gasteiger partial charge in [0.15, 0.2) is 0 Å². The molecule has 2 N–H and O–H groups in total. The first-order chi connectivity index (χ1) is 9.19. The number of nitrogens with zero attached hydrogens (tertiary/aromatic N) is 1. The number of hydrogen-bond donors (Lipinski definition) is 1. The largest absolute Gasteiger partial charge is 0.381 e. The third-order valence-corrected chi connectivity index (χ3v) is 3.70. The summed E-state index contributed by atoms with van der Waals surface area (Å²) in [5.41, 5.74) is 7.09. The summed E-state index contributed by atoms with van der Waals surface area (Å²) < 4.78 is 19.2. The normalized spacial score (nSPS) is 17.1. The molecule has 0 aromatic heterocycles. The van der Waals surface area contributed by atoms with Gasteiger partial charge in [-0.25, -0.2) is 4.39 Å². The van der Waals surface area contributed by atoms with E-state index in [0.717, 1.165) is 43.7 Å². The topological polar surface area (TPSA) is 38.5 Å². The molecule has 0 aliphatic carbocycles. The van der Waals surface area contributed by atoms with Crippen molar-refractivity contribution in [2.75, 3.05) is 26.8 Å². The van der Waals surface area contributed by atoms with Crippen molar-refractivity contribution in [3.05, 3.63) is 35.1 Å². The van der Waals surface area contributed by atoms with Crippen LogP contribution in [-0.4, -0.2) is 31.7 Å². The summed E-state index contributed by atoms with van der Waals surface area (Å²) in [6.45, 7) is 3.75. The lowest BCUT2D eigenvalue weighted by Gasteiger charge is -2.27. The van der Waals surface area contributed by atoms with Crippen LogP contribution >= 0.6 is 0 Å². The second kappa shape index (κ2) is 6.98. The van der Waals surface area contributed by atoms with Crippen LogP contribution in [0.1, 0.15) is 24.0 Å². The summed E-state index contributed by atoms with van der Waals surface area (Å²) >= 11 is 0. The van der Waals surface area contributed by atoms with E-state index in [1.807, 2.05) is 19.2 Å². The van der Waals surface area contributed by atoms with E-state index >= 15 is 0 Å². The SMILES string of the molecule is CN(Cc1ccc(CN)cc1F)CC1CCOCC1. The van der Waals surface area contributed by atoms with Gasteiger partial charge in [0.25, 0.3) is 0 Å². The van der Waals surface area contributed by atoms with Crippen LogP contribution in [0, 0.1) is 11.7 Å². The van der Waals surface area contributed by atoms with Crippen LogP contribution in [0.4, 0.5) is 4.39 Å². The van der Waals surface area contributed by atoms with Crippen LogP contribution < -0.4 is 5.73 Å². The maximum absolute atomic E-state index is 13.9. The van der Waals surface area contributed by atoms with E-state index in [0.29, 0.717) is 19.0 Å². The highest BCUT2D eigenvalue weighted by atomic mass is 19.1. The Labute approximate surface area is 114 Å². The Bertz CT molecular complexity index is 405. The highest BCUT2D eigenvalue weighted by Gasteiger charge is 2.16. The van der Waals surface area contributed by atoms with Gasteiger partial charge in [0.05, 0.1) is 0 Å². The van der Waals surface area contributed by atoms with E-state index in [9.17, 15) is 4.39 Å². The van der Waals surface area contributed by atoms with Crippen molar-refractivity contribution >= 4 is 0 Å². The van der Waals surface area contributed by atoms with Gasteiger partial charge >= 0.3 is 0 Å². The van der Waals surface area contributed by atoms with Crippen LogP contribution in [0.5, 0.6) is 0 Å². The molecule has 1 aromatic carbocycles. The number of nitrogens with two attached hydrogens (primary N) is 1. The molecule has 0 unspecified atom stereocenters. The lowest BCUT2D eigenvalue weighted by molar-refractivity contribution is 0.0548. The average molecular weight is 266 g/mol. The average Bonchev–Trinajstić information content (AvgIpc) is 2.42. The van der Waals surface area contributed by atoms with E-state index in [1.54, 1.807) is 0 Å². The molecule has 1 aromatic rings. The molecule has 0 atom stereocenters. The van der Waals surface area contributed by atoms with Gasteiger partial charge in [0.2, 0.25) is 0 Å². The summed E-state index contributed by atoms with van der Waals surface area (Å²) in [6.07, 6.45) is 2.22.